The molecule has 1 aromatic carbocycles. The molecule has 1 aliphatic heterocycles. The number of benzene rings is 1. The lowest BCUT2D eigenvalue weighted by Gasteiger charge is -2.16. The van der Waals surface area contributed by atoms with Crippen LogP contribution in [0.2, 0.25) is 5.02 Å². The van der Waals surface area contributed by atoms with Gasteiger partial charge in [-0.3, -0.25) is 9.59 Å². The average molecular weight is 363 g/mol. The van der Waals surface area contributed by atoms with Crippen LogP contribution in [0.25, 0.3) is 0 Å². The van der Waals surface area contributed by atoms with Crippen molar-refractivity contribution < 1.29 is 19.4 Å². The van der Waals surface area contributed by atoms with E-state index in [1.807, 2.05) is 0 Å². The van der Waals surface area contributed by atoms with Crippen LogP contribution in [0, 0.1) is 5.92 Å². The molecule has 108 valence electrons. The van der Waals surface area contributed by atoms with Crippen LogP contribution in [-0.2, 0) is 9.59 Å². The zero-order valence-corrected chi connectivity index (χ0v) is 12.9. The molecular formula is C13H13BrClNO4. The van der Waals surface area contributed by atoms with Gasteiger partial charge in [-0.15, -0.1) is 0 Å². The van der Waals surface area contributed by atoms with Gasteiger partial charge in [0.25, 0.3) is 5.91 Å². The van der Waals surface area contributed by atoms with Crippen molar-refractivity contribution >= 4 is 39.4 Å². The number of ether oxygens (including phenoxy) is 1. The zero-order chi connectivity index (χ0) is 14.7. The Morgan fingerprint density at radius 1 is 1.50 bits per heavy atom. The highest BCUT2D eigenvalue weighted by Crippen LogP contribution is 2.28. The topological polar surface area (TPSA) is 66.8 Å². The highest BCUT2D eigenvalue weighted by Gasteiger charge is 2.30. The number of hydrogen-bond donors (Lipinski definition) is 1. The van der Waals surface area contributed by atoms with E-state index in [2.05, 4.69) is 15.9 Å². The van der Waals surface area contributed by atoms with Gasteiger partial charge in [-0.05, 0) is 40.5 Å². The number of nitrogens with zero attached hydrogens (tertiary/aromatic N) is 1. The molecule has 1 aromatic rings. The molecule has 0 spiro atoms. The average Bonchev–Trinajstić information content (AvgIpc) is 2.87. The van der Waals surface area contributed by atoms with E-state index in [-0.39, 0.29) is 19.1 Å². The van der Waals surface area contributed by atoms with Gasteiger partial charge < -0.3 is 14.7 Å². The Morgan fingerprint density at radius 3 is 2.85 bits per heavy atom. The fraction of sp³-hybridized carbons (Fsp3) is 0.385. The summed E-state index contributed by atoms with van der Waals surface area (Å²) in [5.74, 6) is -1.02. The molecule has 0 radical (unpaired) electrons. The van der Waals surface area contributed by atoms with Gasteiger partial charge in [0, 0.05) is 18.1 Å². The van der Waals surface area contributed by atoms with Crippen molar-refractivity contribution in [2.45, 2.75) is 6.42 Å². The number of carbonyl (C=O) groups excluding carboxylic acids is 1. The van der Waals surface area contributed by atoms with Crippen LogP contribution in [-0.4, -0.2) is 41.6 Å². The zero-order valence-electron chi connectivity index (χ0n) is 10.5. The van der Waals surface area contributed by atoms with Gasteiger partial charge in [0.2, 0.25) is 0 Å². The Morgan fingerprint density at radius 2 is 2.25 bits per heavy atom. The van der Waals surface area contributed by atoms with Gasteiger partial charge in [0.15, 0.2) is 6.61 Å². The fourth-order valence-electron chi connectivity index (χ4n) is 2.01. The summed E-state index contributed by atoms with van der Waals surface area (Å²) in [5, 5.41) is 9.46. The number of carboxylic acids is 1. The van der Waals surface area contributed by atoms with Crippen molar-refractivity contribution in [1.29, 1.82) is 0 Å². The Balaban J connectivity index is 1.88. The van der Waals surface area contributed by atoms with E-state index >= 15 is 0 Å². The van der Waals surface area contributed by atoms with Crippen LogP contribution in [0.5, 0.6) is 5.75 Å². The SMILES string of the molecule is O=C(O)C1CCN(C(=O)COc2ccc(Cl)cc2Br)C1. The first-order valence-electron chi connectivity index (χ1n) is 6.06. The summed E-state index contributed by atoms with van der Waals surface area (Å²) in [6.45, 7) is 0.590. The van der Waals surface area contributed by atoms with E-state index < -0.39 is 11.9 Å². The number of carboxylic acid groups (broad SMARTS) is 1. The van der Waals surface area contributed by atoms with Gasteiger partial charge in [-0.2, -0.15) is 0 Å². The molecule has 1 heterocycles. The molecule has 1 fully saturated rings. The van der Waals surface area contributed by atoms with Crippen LogP contribution in [0.4, 0.5) is 0 Å². The van der Waals surface area contributed by atoms with Crippen molar-refractivity contribution in [2.75, 3.05) is 19.7 Å². The second kappa shape index (κ2) is 6.45. The number of aliphatic carboxylic acids is 1. The minimum atomic E-state index is -0.860. The summed E-state index contributed by atoms with van der Waals surface area (Å²) in [6, 6.07) is 5.02. The molecule has 0 aromatic heterocycles. The van der Waals surface area contributed by atoms with Gasteiger partial charge in [0.05, 0.1) is 10.4 Å². The highest BCUT2D eigenvalue weighted by molar-refractivity contribution is 9.10. The van der Waals surface area contributed by atoms with Gasteiger partial charge >= 0.3 is 5.97 Å². The van der Waals surface area contributed by atoms with Crippen molar-refractivity contribution in [3.05, 3.63) is 27.7 Å². The third-order valence-corrected chi connectivity index (χ3v) is 3.99. The van der Waals surface area contributed by atoms with Crippen LogP contribution in [0.1, 0.15) is 6.42 Å². The minimum Gasteiger partial charge on any atom is -0.483 e. The maximum Gasteiger partial charge on any atom is 0.308 e. The summed E-state index contributed by atoms with van der Waals surface area (Å²) in [6.07, 6.45) is 0.492. The summed E-state index contributed by atoms with van der Waals surface area (Å²) >= 11 is 9.11. The predicted molar refractivity (Wildman–Crippen MR) is 77.0 cm³/mol. The van der Waals surface area contributed by atoms with Crippen molar-refractivity contribution in [1.82, 2.24) is 4.90 Å². The smallest absolute Gasteiger partial charge is 0.308 e. The first kappa shape index (κ1) is 15.1. The molecule has 7 heteroatoms. The fourth-order valence-corrected chi connectivity index (χ4v) is 2.81. The third-order valence-electron chi connectivity index (χ3n) is 3.14. The molecule has 1 atom stereocenters. The molecule has 1 aliphatic rings. The van der Waals surface area contributed by atoms with E-state index in [1.165, 1.54) is 4.90 Å². The van der Waals surface area contributed by atoms with Crippen molar-refractivity contribution in [2.24, 2.45) is 5.92 Å². The van der Waals surface area contributed by atoms with Gasteiger partial charge in [0.1, 0.15) is 5.75 Å². The minimum absolute atomic E-state index is 0.118. The van der Waals surface area contributed by atoms with Crippen LogP contribution >= 0.6 is 27.5 Å². The maximum absolute atomic E-state index is 11.9. The number of hydrogen-bond acceptors (Lipinski definition) is 3. The Labute approximate surface area is 129 Å². The molecular weight excluding hydrogens is 350 g/mol. The number of halogens is 2. The van der Waals surface area contributed by atoms with Crippen LogP contribution in [0.3, 0.4) is 0 Å². The van der Waals surface area contributed by atoms with E-state index in [4.69, 9.17) is 21.4 Å². The summed E-state index contributed by atoms with van der Waals surface area (Å²) in [4.78, 5) is 24.3. The molecule has 1 unspecified atom stereocenters. The normalized spacial score (nSPS) is 18.1. The standard InChI is InChI=1S/C13H13BrClNO4/c14-10-5-9(15)1-2-11(10)20-7-12(17)16-4-3-8(6-16)13(18)19/h1-2,5,8H,3-4,6-7H2,(H,18,19). The largest absolute Gasteiger partial charge is 0.483 e. The molecule has 1 saturated heterocycles. The van der Waals surface area contributed by atoms with Crippen LogP contribution in [0.15, 0.2) is 22.7 Å². The van der Waals surface area contributed by atoms with Crippen LogP contribution < -0.4 is 4.74 Å². The molecule has 0 saturated carbocycles. The Hall–Kier alpha value is -1.27. The third kappa shape index (κ3) is 3.64. The molecule has 20 heavy (non-hydrogen) atoms. The highest BCUT2D eigenvalue weighted by atomic mass is 79.9. The van der Waals surface area contributed by atoms with E-state index in [1.54, 1.807) is 18.2 Å². The maximum atomic E-state index is 11.9. The van der Waals surface area contributed by atoms with E-state index in [0.29, 0.717) is 28.2 Å². The quantitative estimate of drug-likeness (QED) is 0.893. The molecule has 2 rings (SSSR count). The monoisotopic (exact) mass is 361 g/mol. The second-order valence-electron chi connectivity index (χ2n) is 4.53. The molecule has 1 amide bonds. The lowest BCUT2D eigenvalue weighted by molar-refractivity contribution is -0.141. The summed E-state index contributed by atoms with van der Waals surface area (Å²) < 4.78 is 6.09. The molecule has 0 bridgehead atoms. The first-order chi connectivity index (χ1) is 9.47. The predicted octanol–water partition coefficient (Wildman–Crippen LogP) is 2.41. The number of likely N-dealkylation sites (tertiary alicyclic amines) is 1. The Bertz CT molecular complexity index is 537. The summed E-state index contributed by atoms with van der Waals surface area (Å²) in [7, 11) is 0. The van der Waals surface area contributed by atoms with E-state index in [0.717, 1.165) is 0 Å². The Kier molecular flexibility index (Phi) is 4.88. The number of carbonyl (C=O) groups is 2. The lowest BCUT2D eigenvalue weighted by Crippen LogP contribution is -2.33. The van der Waals surface area contributed by atoms with Gasteiger partial charge in [-0.1, -0.05) is 11.6 Å². The van der Waals surface area contributed by atoms with Crippen molar-refractivity contribution in [3.8, 4) is 5.75 Å². The summed E-state index contributed by atoms with van der Waals surface area (Å²) in [5.41, 5.74) is 0. The number of rotatable bonds is 4. The second-order valence-corrected chi connectivity index (χ2v) is 5.82. The molecule has 0 aliphatic carbocycles. The number of amides is 1. The van der Waals surface area contributed by atoms with Gasteiger partial charge in [-0.25, -0.2) is 0 Å². The lowest BCUT2D eigenvalue weighted by atomic mass is 10.1. The van der Waals surface area contributed by atoms with Crippen molar-refractivity contribution in [3.63, 3.8) is 0 Å². The first-order valence-corrected chi connectivity index (χ1v) is 7.23. The molecule has 5 nitrogen and oxygen atoms in total. The van der Waals surface area contributed by atoms with E-state index in [9.17, 15) is 9.59 Å². The molecule has 1 N–H and O–H groups in total.